The van der Waals surface area contributed by atoms with Crippen LogP contribution in [0.4, 0.5) is 0 Å². The van der Waals surface area contributed by atoms with Crippen molar-refractivity contribution in [1.82, 2.24) is 4.98 Å². The monoisotopic (exact) mass is 343 g/mol. The number of nitrogens with zero attached hydrogens (tertiary/aromatic N) is 1. The van der Waals surface area contributed by atoms with E-state index in [0.717, 1.165) is 27.8 Å². The van der Waals surface area contributed by atoms with Gasteiger partial charge in [0.2, 0.25) is 0 Å². The van der Waals surface area contributed by atoms with E-state index in [9.17, 15) is 4.57 Å². The Labute approximate surface area is 140 Å². The molecule has 24 heavy (non-hydrogen) atoms. The minimum Gasteiger partial charge on any atom is -0.497 e. The molecule has 0 aliphatic carbocycles. The summed E-state index contributed by atoms with van der Waals surface area (Å²) >= 11 is 0. The van der Waals surface area contributed by atoms with Gasteiger partial charge in [-0.15, -0.1) is 0 Å². The molecule has 5 nitrogen and oxygen atoms in total. The van der Waals surface area contributed by atoms with Gasteiger partial charge in [-0.3, -0.25) is 9.55 Å². The number of ether oxygens (including phenoxy) is 1. The summed E-state index contributed by atoms with van der Waals surface area (Å²) in [4.78, 5) is 4.41. The first kappa shape index (κ1) is 16.7. The maximum Gasteiger partial charge on any atom is 0.363 e. The number of hydrogen-bond acceptors (Lipinski definition) is 5. The number of benzene rings is 2. The van der Waals surface area contributed by atoms with Gasteiger partial charge in [0.1, 0.15) is 5.75 Å². The number of methoxy groups -OCH3 is 1. The van der Waals surface area contributed by atoms with Crippen LogP contribution in [0.3, 0.4) is 0 Å². The molecule has 1 aromatic heterocycles. The smallest absolute Gasteiger partial charge is 0.363 e. The predicted molar refractivity (Wildman–Crippen MR) is 95.0 cm³/mol. The van der Waals surface area contributed by atoms with Crippen LogP contribution in [-0.2, 0) is 13.6 Å². The first-order valence-electron chi connectivity index (χ1n) is 7.37. The summed E-state index contributed by atoms with van der Waals surface area (Å²) in [6.45, 7) is 0. The molecular weight excluding hydrogens is 325 g/mol. The third-order valence-corrected chi connectivity index (χ3v) is 5.80. The fourth-order valence-electron chi connectivity index (χ4n) is 2.67. The van der Waals surface area contributed by atoms with E-state index in [1.54, 1.807) is 13.3 Å². The lowest BCUT2D eigenvalue weighted by Gasteiger charge is -2.19. The molecule has 0 radical (unpaired) electrons. The van der Waals surface area contributed by atoms with E-state index in [0.29, 0.717) is 5.30 Å². The van der Waals surface area contributed by atoms with Crippen LogP contribution in [-0.4, -0.2) is 26.3 Å². The van der Waals surface area contributed by atoms with Crippen LogP contribution < -0.4 is 10.0 Å². The lowest BCUT2D eigenvalue weighted by molar-refractivity contribution is 0.287. The molecule has 0 atom stereocenters. The highest BCUT2D eigenvalue weighted by molar-refractivity contribution is 7.62. The highest BCUT2D eigenvalue weighted by Gasteiger charge is 2.30. The summed E-state index contributed by atoms with van der Waals surface area (Å²) in [5, 5.41) is 1.32. The molecule has 0 unspecified atom stereocenters. The van der Waals surface area contributed by atoms with Gasteiger partial charge >= 0.3 is 7.60 Å². The minimum atomic E-state index is -3.45. The highest BCUT2D eigenvalue weighted by atomic mass is 31.2. The number of aromatic nitrogens is 1. The number of pyridine rings is 1. The normalized spacial score (nSPS) is 11.6. The van der Waals surface area contributed by atoms with Crippen molar-refractivity contribution >= 4 is 23.8 Å². The molecule has 3 aromatic rings. The highest BCUT2D eigenvalue weighted by Crippen LogP contribution is 2.48. The zero-order valence-electron chi connectivity index (χ0n) is 13.7. The van der Waals surface area contributed by atoms with Crippen LogP contribution in [0.2, 0.25) is 0 Å². The standard InChI is InChI=1S/C18H18NO4P/c1-21-14-10-8-13(9-11-14)18-15-6-4-5-7-16(15)19-12-17(18)24(20,22-2)23-3/h4-12H,1-3H3. The fraction of sp³-hybridized carbons (Fsp3) is 0.167. The quantitative estimate of drug-likeness (QED) is 0.655. The van der Waals surface area contributed by atoms with Gasteiger partial charge in [0.25, 0.3) is 0 Å². The Bertz CT molecular complexity index is 901. The van der Waals surface area contributed by atoms with E-state index in [4.69, 9.17) is 13.8 Å². The number of hydrogen-bond donors (Lipinski definition) is 0. The van der Waals surface area contributed by atoms with Crippen LogP contribution >= 0.6 is 7.60 Å². The summed E-state index contributed by atoms with van der Waals surface area (Å²) in [7, 11) is 0.908. The third-order valence-electron chi connectivity index (χ3n) is 3.91. The molecule has 0 bridgehead atoms. The van der Waals surface area contributed by atoms with Gasteiger partial charge in [0.05, 0.1) is 17.9 Å². The molecule has 2 aromatic carbocycles. The molecule has 0 spiro atoms. The van der Waals surface area contributed by atoms with Crippen molar-refractivity contribution in [3.05, 3.63) is 54.7 Å². The second-order valence-electron chi connectivity index (χ2n) is 5.13. The molecule has 0 N–H and O–H groups in total. The lowest BCUT2D eigenvalue weighted by atomic mass is 10.0. The van der Waals surface area contributed by atoms with E-state index < -0.39 is 7.60 Å². The van der Waals surface area contributed by atoms with Crippen LogP contribution in [0.15, 0.2) is 54.7 Å². The molecule has 0 saturated heterocycles. The summed E-state index contributed by atoms with van der Waals surface area (Å²) in [5.74, 6) is 0.750. The van der Waals surface area contributed by atoms with Crippen molar-refractivity contribution in [3.8, 4) is 16.9 Å². The summed E-state index contributed by atoms with van der Waals surface area (Å²) in [6.07, 6.45) is 1.57. The van der Waals surface area contributed by atoms with Crippen molar-refractivity contribution < 1.29 is 18.3 Å². The SMILES string of the molecule is COc1ccc(-c2c(P(=O)(OC)OC)cnc3ccccc23)cc1. The summed E-state index contributed by atoms with van der Waals surface area (Å²) in [5.41, 5.74) is 2.49. The van der Waals surface area contributed by atoms with Gasteiger partial charge in [-0.05, 0) is 23.8 Å². The van der Waals surface area contributed by atoms with Crippen molar-refractivity contribution in [1.29, 1.82) is 0 Å². The fourth-order valence-corrected chi connectivity index (χ4v) is 3.94. The van der Waals surface area contributed by atoms with Gasteiger partial charge in [0.15, 0.2) is 0 Å². The molecule has 1 heterocycles. The molecule has 0 fully saturated rings. The number of fused-ring (bicyclic) bond motifs is 1. The van der Waals surface area contributed by atoms with Crippen LogP contribution in [0, 0.1) is 0 Å². The average molecular weight is 343 g/mol. The topological polar surface area (TPSA) is 57.7 Å². The lowest BCUT2D eigenvalue weighted by Crippen LogP contribution is -2.13. The number of para-hydroxylation sites is 1. The Kier molecular flexibility index (Phi) is 4.67. The molecule has 0 aliphatic heterocycles. The van der Waals surface area contributed by atoms with Crippen molar-refractivity contribution in [2.45, 2.75) is 0 Å². The van der Waals surface area contributed by atoms with E-state index >= 15 is 0 Å². The zero-order valence-corrected chi connectivity index (χ0v) is 14.6. The summed E-state index contributed by atoms with van der Waals surface area (Å²) < 4.78 is 28.6. The third kappa shape index (κ3) is 2.82. The van der Waals surface area contributed by atoms with Gasteiger partial charge in [-0.1, -0.05) is 30.3 Å². The molecular formula is C18H18NO4P. The zero-order chi connectivity index (χ0) is 17.2. The second kappa shape index (κ2) is 6.73. The molecule has 0 aliphatic rings. The Morgan fingerprint density at radius 2 is 1.58 bits per heavy atom. The van der Waals surface area contributed by atoms with Crippen LogP contribution in [0.5, 0.6) is 5.75 Å². The minimum absolute atomic E-state index is 0.441. The van der Waals surface area contributed by atoms with Crippen LogP contribution in [0.1, 0.15) is 0 Å². The van der Waals surface area contributed by atoms with Crippen molar-refractivity contribution in [2.75, 3.05) is 21.3 Å². The van der Waals surface area contributed by atoms with Crippen molar-refractivity contribution in [3.63, 3.8) is 0 Å². The van der Waals surface area contributed by atoms with E-state index in [1.165, 1.54) is 14.2 Å². The van der Waals surface area contributed by atoms with Crippen molar-refractivity contribution in [2.24, 2.45) is 0 Å². The average Bonchev–Trinajstić information content (AvgIpc) is 2.66. The maximum absolute atomic E-state index is 13.0. The van der Waals surface area contributed by atoms with Gasteiger partial charge in [0, 0.05) is 31.4 Å². The van der Waals surface area contributed by atoms with Gasteiger partial charge in [-0.2, -0.15) is 0 Å². The first-order valence-corrected chi connectivity index (χ1v) is 8.91. The Morgan fingerprint density at radius 1 is 0.917 bits per heavy atom. The Hall–Kier alpha value is -2.20. The summed E-state index contributed by atoms with van der Waals surface area (Å²) in [6, 6.07) is 15.2. The van der Waals surface area contributed by atoms with E-state index in [2.05, 4.69) is 4.98 Å². The molecule has 0 amide bonds. The number of rotatable bonds is 5. The van der Waals surface area contributed by atoms with Crippen LogP contribution in [0.25, 0.3) is 22.0 Å². The molecule has 0 saturated carbocycles. The van der Waals surface area contributed by atoms with Gasteiger partial charge < -0.3 is 13.8 Å². The molecule has 3 rings (SSSR count). The maximum atomic E-state index is 13.0. The predicted octanol–water partition coefficient (Wildman–Crippen LogP) is 4.02. The Balaban J connectivity index is 2.34. The first-order chi connectivity index (χ1) is 11.6. The molecule has 6 heteroatoms. The largest absolute Gasteiger partial charge is 0.497 e. The second-order valence-corrected chi connectivity index (χ2v) is 7.33. The van der Waals surface area contributed by atoms with Gasteiger partial charge in [-0.25, -0.2) is 0 Å². The molecule has 124 valence electrons. The Morgan fingerprint density at radius 3 is 2.21 bits per heavy atom. The van der Waals surface area contributed by atoms with E-state index in [1.807, 2.05) is 48.5 Å². The van der Waals surface area contributed by atoms with E-state index in [-0.39, 0.29) is 0 Å².